The molecule has 0 bridgehead atoms. The molecular weight excluding hydrogens is 336 g/mol. The summed E-state index contributed by atoms with van der Waals surface area (Å²) in [6, 6.07) is 1.83. The average Bonchev–Trinajstić information content (AvgIpc) is 3.03. The van der Waals surface area contributed by atoms with Crippen molar-refractivity contribution in [3.05, 3.63) is 47.5 Å². The van der Waals surface area contributed by atoms with E-state index in [4.69, 9.17) is 13.9 Å². The molecule has 0 radical (unpaired) electrons. The normalized spacial score (nSPS) is 42.5. The van der Waals surface area contributed by atoms with Crippen LogP contribution in [0.1, 0.15) is 37.9 Å². The molecule has 2 aliphatic heterocycles. The quantitative estimate of drug-likeness (QED) is 0.614. The van der Waals surface area contributed by atoms with E-state index in [0.29, 0.717) is 24.8 Å². The minimum atomic E-state index is -0.984. The van der Waals surface area contributed by atoms with Crippen molar-refractivity contribution in [2.24, 2.45) is 16.7 Å². The monoisotopic (exact) mass is 356 g/mol. The first-order valence-corrected chi connectivity index (χ1v) is 8.96. The molecule has 3 heterocycles. The van der Waals surface area contributed by atoms with Crippen molar-refractivity contribution in [3.63, 3.8) is 0 Å². The lowest BCUT2D eigenvalue weighted by Crippen LogP contribution is -2.33. The second kappa shape index (κ2) is 5.10. The molecule has 1 aromatic rings. The van der Waals surface area contributed by atoms with Gasteiger partial charge in [-0.25, -0.2) is 4.79 Å². The number of hydrogen-bond acceptors (Lipinski definition) is 6. The summed E-state index contributed by atoms with van der Waals surface area (Å²) < 4.78 is 16.0. The smallest absolute Gasteiger partial charge is 0.337 e. The second-order valence-corrected chi connectivity index (χ2v) is 7.94. The standard InChI is InChI=1S/C20H20O6/c1-19-8-14(11-5-7-24-9-11)26-18(23)20(19)6-4-12-10-25-17(22)16(12)13(21)2-3-15(19)20/h2-3,5,7,9,13-15,21H,4,6,8,10H2,1H3/b3-2-/t13-,14+,15+,19+,20+/m0/s1. The molecule has 4 aliphatic rings. The van der Waals surface area contributed by atoms with Crippen LogP contribution in [-0.2, 0) is 19.1 Å². The van der Waals surface area contributed by atoms with Crippen LogP contribution >= 0.6 is 0 Å². The summed E-state index contributed by atoms with van der Waals surface area (Å²) >= 11 is 0. The van der Waals surface area contributed by atoms with Crippen LogP contribution in [0.5, 0.6) is 0 Å². The third-order valence-corrected chi connectivity index (χ3v) is 6.87. The van der Waals surface area contributed by atoms with Crippen molar-refractivity contribution in [3.8, 4) is 0 Å². The molecule has 0 aromatic carbocycles. The molecule has 2 aliphatic carbocycles. The van der Waals surface area contributed by atoms with Crippen LogP contribution in [0.25, 0.3) is 0 Å². The number of cyclic esters (lactones) is 2. The number of carbonyl (C=O) groups is 2. The number of furan rings is 1. The molecule has 5 rings (SSSR count). The van der Waals surface area contributed by atoms with E-state index < -0.39 is 17.5 Å². The Hall–Kier alpha value is -2.34. The summed E-state index contributed by atoms with van der Waals surface area (Å²) in [4.78, 5) is 25.0. The first-order valence-electron chi connectivity index (χ1n) is 8.96. The predicted molar refractivity (Wildman–Crippen MR) is 88.6 cm³/mol. The average molecular weight is 356 g/mol. The Bertz CT molecular complexity index is 850. The molecule has 0 unspecified atom stereocenters. The zero-order valence-corrected chi connectivity index (χ0v) is 14.4. The van der Waals surface area contributed by atoms with Crippen LogP contribution in [-0.4, -0.2) is 29.8 Å². The predicted octanol–water partition coefficient (Wildman–Crippen LogP) is 2.45. The highest BCUT2D eigenvalue weighted by Gasteiger charge is 2.79. The van der Waals surface area contributed by atoms with Gasteiger partial charge in [0.1, 0.15) is 18.8 Å². The van der Waals surface area contributed by atoms with Crippen LogP contribution in [0.2, 0.25) is 0 Å². The lowest BCUT2D eigenvalue weighted by Gasteiger charge is -2.32. The van der Waals surface area contributed by atoms with Gasteiger partial charge in [-0.05, 0) is 36.3 Å². The maximum Gasteiger partial charge on any atom is 0.337 e. The van der Waals surface area contributed by atoms with E-state index in [1.807, 2.05) is 12.1 Å². The van der Waals surface area contributed by atoms with Crippen molar-refractivity contribution >= 4 is 11.9 Å². The molecule has 1 saturated heterocycles. The molecule has 6 nitrogen and oxygen atoms in total. The van der Waals surface area contributed by atoms with Crippen LogP contribution in [0.3, 0.4) is 0 Å². The lowest BCUT2D eigenvalue weighted by molar-refractivity contribution is -0.166. The van der Waals surface area contributed by atoms with Crippen LogP contribution in [0, 0.1) is 16.7 Å². The molecule has 26 heavy (non-hydrogen) atoms. The van der Waals surface area contributed by atoms with E-state index in [2.05, 4.69) is 6.92 Å². The van der Waals surface area contributed by atoms with Crippen LogP contribution in [0.4, 0.5) is 0 Å². The summed E-state index contributed by atoms with van der Waals surface area (Å²) in [7, 11) is 0. The van der Waals surface area contributed by atoms with E-state index in [9.17, 15) is 14.7 Å². The fourth-order valence-electron chi connectivity index (χ4n) is 5.34. The molecule has 1 spiro atoms. The maximum atomic E-state index is 13.1. The van der Waals surface area contributed by atoms with Gasteiger partial charge in [0.15, 0.2) is 0 Å². The molecule has 1 aromatic heterocycles. The first-order chi connectivity index (χ1) is 12.5. The SMILES string of the molecule is C[C@]12C[C@H](c3ccoc3)OC(=O)[C@]13CCC1=C(C(=O)OC1)[C@@H](O)/C=C\[C@@H]32. The first kappa shape index (κ1) is 15.9. The highest BCUT2D eigenvalue weighted by molar-refractivity contribution is 5.93. The lowest BCUT2D eigenvalue weighted by atomic mass is 9.81. The summed E-state index contributed by atoms with van der Waals surface area (Å²) in [5, 5.41) is 10.4. The van der Waals surface area contributed by atoms with E-state index in [1.54, 1.807) is 18.6 Å². The van der Waals surface area contributed by atoms with Gasteiger partial charge >= 0.3 is 11.9 Å². The van der Waals surface area contributed by atoms with Gasteiger partial charge in [0.25, 0.3) is 0 Å². The largest absolute Gasteiger partial charge is 0.472 e. The minimum Gasteiger partial charge on any atom is -0.472 e. The minimum absolute atomic E-state index is 0.00917. The van der Waals surface area contributed by atoms with Gasteiger partial charge in [0, 0.05) is 11.5 Å². The molecule has 2 fully saturated rings. The van der Waals surface area contributed by atoms with Crippen molar-refractivity contribution in [1.82, 2.24) is 0 Å². The molecule has 136 valence electrons. The second-order valence-electron chi connectivity index (χ2n) is 7.94. The third kappa shape index (κ3) is 1.85. The fourth-order valence-corrected chi connectivity index (χ4v) is 5.34. The van der Waals surface area contributed by atoms with Crippen LogP contribution in [0.15, 0.2) is 46.3 Å². The zero-order valence-electron chi connectivity index (χ0n) is 14.4. The van der Waals surface area contributed by atoms with Gasteiger partial charge in [0.2, 0.25) is 0 Å². The number of aliphatic hydroxyl groups excluding tert-OH is 1. The Morgan fingerprint density at radius 2 is 2.12 bits per heavy atom. The Kier molecular flexibility index (Phi) is 3.11. The van der Waals surface area contributed by atoms with Gasteiger partial charge in [-0.2, -0.15) is 0 Å². The Morgan fingerprint density at radius 3 is 2.88 bits per heavy atom. The molecule has 1 saturated carbocycles. The molecule has 5 atom stereocenters. The Morgan fingerprint density at radius 1 is 1.27 bits per heavy atom. The van der Waals surface area contributed by atoms with Crippen molar-refractivity contribution < 1.29 is 28.6 Å². The number of esters is 2. The number of ether oxygens (including phenoxy) is 2. The Balaban J connectivity index is 1.50. The zero-order chi connectivity index (χ0) is 18.1. The number of carbonyl (C=O) groups excluding carboxylic acids is 2. The van der Waals surface area contributed by atoms with Gasteiger partial charge in [0.05, 0.1) is 23.5 Å². The summed E-state index contributed by atoms with van der Waals surface area (Å²) in [5.41, 5.74) is 1.16. The van der Waals surface area contributed by atoms with Gasteiger partial charge in [-0.3, -0.25) is 4.79 Å². The van der Waals surface area contributed by atoms with E-state index in [0.717, 1.165) is 11.1 Å². The van der Waals surface area contributed by atoms with E-state index in [-0.39, 0.29) is 30.0 Å². The number of fused-ring (bicyclic) bond motifs is 1. The van der Waals surface area contributed by atoms with Crippen LogP contribution < -0.4 is 0 Å². The highest BCUT2D eigenvalue weighted by atomic mass is 16.6. The number of rotatable bonds is 1. The highest BCUT2D eigenvalue weighted by Crippen LogP contribution is 2.78. The maximum absolute atomic E-state index is 13.1. The summed E-state index contributed by atoms with van der Waals surface area (Å²) in [5.74, 6) is -0.666. The molecule has 6 heteroatoms. The van der Waals surface area contributed by atoms with Gasteiger partial charge in [-0.15, -0.1) is 0 Å². The summed E-state index contributed by atoms with van der Waals surface area (Å²) in [6.07, 6.45) is 7.29. The number of allylic oxidation sites excluding steroid dienone is 1. The molecule has 1 N–H and O–H groups in total. The topological polar surface area (TPSA) is 86.0 Å². The number of hydrogen-bond donors (Lipinski definition) is 1. The Labute approximate surface area is 150 Å². The van der Waals surface area contributed by atoms with Gasteiger partial charge in [-0.1, -0.05) is 19.1 Å². The van der Waals surface area contributed by atoms with E-state index in [1.165, 1.54) is 0 Å². The molecule has 0 amide bonds. The van der Waals surface area contributed by atoms with Crippen molar-refractivity contribution in [2.45, 2.75) is 38.4 Å². The van der Waals surface area contributed by atoms with Gasteiger partial charge < -0.3 is 19.0 Å². The number of aliphatic hydroxyl groups is 1. The fraction of sp³-hybridized carbons (Fsp3) is 0.500. The van der Waals surface area contributed by atoms with Crippen molar-refractivity contribution in [2.75, 3.05) is 6.61 Å². The summed E-state index contributed by atoms with van der Waals surface area (Å²) in [6.45, 7) is 2.32. The third-order valence-electron chi connectivity index (χ3n) is 6.87. The van der Waals surface area contributed by atoms with E-state index >= 15 is 0 Å². The van der Waals surface area contributed by atoms with Crippen molar-refractivity contribution in [1.29, 1.82) is 0 Å². The molecular formula is C20H20O6.